The number of aryl methyl sites for hydroxylation is 1. The van der Waals surface area contributed by atoms with Crippen molar-refractivity contribution < 1.29 is 19.1 Å². The molecule has 2 N–H and O–H groups in total. The van der Waals surface area contributed by atoms with E-state index in [1.807, 2.05) is 24.4 Å². The lowest BCUT2D eigenvalue weighted by atomic mass is 10.1. The van der Waals surface area contributed by atoms with Crippen molar-refractivity contribution in [3.8, 4) is 0 Å². The fourth-order valence-corrected chi connectivity index (χ4v) is 3.91. The molecule has 0 unspecified atom stereocenters. The second kappa shape index (κ2) is 10.1. The summed E-state index contributed by atoms with van der Waals surface area (Å²) in [7, 11) is 0. The topological polar surface area (TPSA) is 97.4 Å². The van der Waals surface area contributed by atoms with E-state index in [0.717, 1.165) is 15.6 Å². The van der Waals surface area contributed by atoms with E-state index in [1.54, 1.807) is 37.3 Å². The van der Waals surface area contributed by atoms with Crippen LogP contribution < -0.4 is 10.6 Å². The van der Waals surface area contributed by atoms with E-state index in [0.29, 0.717) is 11.3 Å². The zero-order chi connectivity index (χ0) is 19.8. The molecular weight excluding hydrogens is 386 g/mol. The number of aromatic nitrogens is 1. The first-order valence-electron chi connectivity index (χ1n) is 8.25. The zero-order valence-corrected chi connectivity index (χ0v) is 16.9. The van der Waals surface area contributed by atoms with Crippen LogP contribution in [0.2, 0.25) is 0 Å². The smallest absolute Gasteiger partial charge is 0.338 e. The van der Waals surface area contributed by atoms with Gasteiger partial charge in [-0.2, -0.15) is 0 Å². The number of carbonyl (C=O) groups is 3. The number of rotatable bonds is 7. The van der Waals surface area contributed by atoms with Crippen molar-refractivity contribution in [1.29, 1.82) is 0 Å². The molecule has 1 aromatic carbocycles. The first kappa shape index (κ1) is 20.9. The van der Waals surface area contributed by atoms with Crippen molar-refractivity contribution in [2.24, 2.45) is 0 Å². The number of ether oxygens (including phenoxy) is 1. The number of nitrogens with one attached hydrogen (secondary N) is 2. The fraction of sp³-hybridized carbons (Fsp3) is 0.333. The molecule has 0 saturated carbocycles. The molecule has 144 valence electrons. The summed E-state index contributed by atoms with van der Waals surface area (Å²) in [4.78, 5) is 39.9. The van der Waals surface area contributed by atoms with Crippen LogP contribution >= 0.6 is 23.1 Å². The maximum atomic E-state index is 12.3. The first-order chi connectivity index (χ1) is 12.8. The Morgan fingerprint density at radius 3 is 2.67 bits per heavy atom. The first-order valence-corrected chi connectivity index (χ1v) is 10.1. The molecular formula is C18H21N3O4S2. The molecule has 0 aliphatic carbocycles. The van der Waals surface area contributed by atoms with Gasteiger partial charge in [-0.25, -0.2) is 14.6 Å². The Labute approximate surface area is 165 Å². The molecule has 2 rings (SSSR count). The molecule has 9 heteroatoms. The van der Waals surface area contributed by atoms with Gasteiger partial charge in [-0.3, -0.25) is 10.1 Å². The van der Waals surface area contributed by atoms with Crippen LogP contribution in [0.4, 0.5) is 4.79 Å². The quantitative estimate of drug-likeness (QED) is 0.541. The number of amides is 3. The van der Waals surface area contributed by atoms with Crippen LogP contribution in [0.3, 0.4) is 0 Å². The third-order valence-corrected chi connectivity index (χ3v) is 5.38. The van der Waals surface area contributed by atoms with E-state index in [-0.39, 0.29) is 6.04 Å². The number of imide groups is 1. The largest absolute Gasteiger partial charge is 0.452 e. The van der Waals surface area contributed by atoms with Gasteiger partial charge in [-0.15, -0.1) is 11.3 Å². The summed E-state index contributed by atoms with van der Waals surface area (Å²) in [5.74, 6) is -0.742. The summed E-state index contributed by atoms with van der Waals surface area (Å²) >= 11 is 3.08. The van der Waals surface area contributed by atoms with Crippen LogP contribution in [-0.2, 0) is 15.3 Å². The van der Waals surface area contributed by atoms with Crippen molar-refractivity contribution in [2.75, 3.05) is 6.61 Å². The number of hydrogen-bond donors (Lipinski definition) is 2. The molecule has 0 spiro atoms. The van der Waals surface area contributed by atoms with E-state index in [4.69, 9.17) is 4.74 Å². The van der Waals surface area contributed by atoms with Gasteiger partial charge in [0.15, 0.2) is 6.61 Å². The normalized spacial score (nSPS) is 10.5. The number of nitrogens with zero attached hydrogens (tertiary/aromatic N) is 1. The number of benzene rings is 1. The fourth-order valence-electron chi connectivity index (χ4n) is 2.05. The van der Waals surface area contributed by atoms with Crippen molar-refractivity contribution in [3.63, 3.8) is 0 Å². The molecule has 3 amide bonds. The highest BCUT2D eigenvalue weighted by Crippen LogP contribution is 2.27. The number of thioether (sulfide) groups is 1. The van der Waals surface area contributed by atoms with Gasteiger partial charge in [0.25, 0.3) is 5.91 Å². The number of carbonyl (C=O) groups excluding carboxylic acids is 3. The Hall–Kier alpha value is -2.39. The Balaban J connectivity index is 1.90. The number of esters is 1. The molecule has 0 bridgehead atoms. The summed E-state index contributed by atoms with van der Waals surface area (Å²) in [5.41, 5.74) is 2.14. The summed E-state index contributed by atoms with van der Waals surface area (Å²) in [6, 6.07) is 6.32. The zero-order valence-electron chi connectivity index (χ0n) is 15.3. The molecule has 1 heterocycles. The van der Waals surface area contributed by atoms with Gasteiger partial charge in [-0.05, 0) is 32.4 Å². The minimum Gasteiger partial charge on any atom is -0.452 e. The van der Waals surface area contributed by atoms with Gasteiger partial charge in [0.2, 0.25) is 0 Å². The van der Waals surface area contributed by atoms with Gasteiger partial charge in [0.05, 0.1) is 5.56 Å². The predicted molar refractivity (Wildman–Crippen MR) is 105 cm³/mol. The van der Waals surface area contributed by atoms with Crippen LogP contribution in [0.25, 0.3) is 0 Å². The van der Waals surface area contributed by atoms with E-state index >= 15 is 0 Å². The second-order valence-corrected chi connectivity index (χ2v) is 8.03. The predicted octanol–water partition coefficient (Wildman–Crippen LogP) is 3.13. The van der Waals surface area contributed by atoms with E-state index in [2.05, 4.69) is 15.6 Å². The third-order valence-electron chi connectivity index (χ3n) is 3.19. The lowest BCUT2D eigenvalue weighted by molar-refractivity contribution is -0.123. The van der Waals surface area contributed by atoms with E-state index in [9.17, 15) is 14.4 Å². The monoisotopic (exact) mass is 407 g/mol. The molecule has 1 aromatic heterocycles. The minimum absolute atomic E-state index is 0.105. The van der Waals surface area contributed by atoms with Crippen LogP contribution in [0.15, 0.2) is 34.0 Å². The van der Waals surface area contributed by atoms with Crippen LogP contribution in [-0.4, -0.2) is 35.5 Å². The Morgan fingerprint density at radius 1 is 1.26 bits per heavy atom. The van der Waals surface area contributed by atoms with Crippen molar-refractivity contribution in [3.05, 3.63) is 46.5 Å². The molecule has 0 aliphatic heterocycles. The van der Waals surface area contributed by atoms with Crippen LogP contribution in [0.1, 0.15) is 35.5 Å². The van der Waals surface area contributed by atoms with Gasteiger partial charge in [0.1, 0.15) is 4.34 Å². The lowest BCUT2D eigenvalue weighted by Crippen LogP contribution is -2.44. The average Bonchev–Trinajstić information content (AvgIpc) is 3.02. The molecule has 0 atom stereocenters. The van der Waals surface area contributed by atoms with Gasteiger partial charge >= 0.3 is 12.0 Å². The Bertz CT molecular complexity index is 820. The third kappa shape index (κ3) is 7.03. The Kier molecular flexibility index (Phi) is 7.81. The van der Waals surface area contributed by atoms with Gasteiger partial charge in [-0.1, -0.05) is 30.0 Å². The minimum atomic E-state index is -0.688. The van der Waals surface area contributed by atoms with Crippen LogP contribution in [0.5, 0.6) is 0 Å². The second-order valence-electron chi connectivity index (χ2n) is 5.95. The molecule has 0 aliphatic rings. The van der Waals surface area contributed by atoms with Crippen molar-refractivity contribution in [2.45, 2.75) is 36.9 Å². The highest BCUT2D eigenvalue weighted by Gasteiger charge is 2.16. The number of urea groups is 1. The standard InChI is InChI=1S/C18H21N3O4S2/c1-11(2)19-17(24)21-15(22)8-25-16(23)14-7-5-4-6-13(14)10-27-18-20-12(3)9-26-18/h4-7,9,11H,8,10H2,1-3H3,(H2,19,21,22,24). The lowest BCUT2D eigenvalue weighted by Gasteiger charge is -2.10. The molecule has 7 nitrogen and oxygen atoms in total. The van der Waals surface area contributed by atoms with E-state index < -0.39 is 24.5 Å². The molecule has 0 radical (unpaired) electrons. The summed E-state index contributed by atoms with van der Waals surface area (Å²) < 4.78 is 5.96. The molecule has 2 aromatic rings. The summed E-state index contributed by atoms with van der Waals surface area (Å²) in [6.45, 7) is 4.94. The average molecular weight is 408 g/mol. The SMILES string of the molecule is Cc1csc(SCc2ccccc2C(=O)OCC(=O)NC(=O)NC(C)C)n1. The maximum absolute atomic E-state index is 12.3. The highest BCUT2D eigenvalue weighted by molar-refractivity contribution is 8.00. The molecule has 0 saturated heterocycles. The maximum Gasteiger partial charge on any atom is 0.338 e. The number of thiazole rings is 1. The van der Waals surface area contributed by atoms with Crippen LogP contribution in [0, 0.1) is 6.92 Å². The summed E-state index contributed by atoms with van der Waals surface area (Å²) in [6.07, 6.45) is 0. The Morgan fingerprint density at radius 2 is 2.00 bits per heavy atom. The van der Waals surface area contributed by atoms with Crippen molar-refractivity contribution in [1.82, 2.24) is 15.6 Å². The van der Waals surface area contributed by atoms with Gasteiger partial charge < -0.3 is 10.1 Å². The number of hydrogen-bond acceptors (Lipinski definition) is 7. The molecule has 27 heavy (non-hydrogen) atoms. The summed E-state index contributed by atoms with van der Waals surface area (Å²) in [5, 5.41) is 6.59. The molecule has 0 fully saturated rings. The highest BCUT2D eigenvalue weighted by atomic mass is 32.2. The van der Waals surface area contributed by atoms with Gasteiger partial charge in [0, 0.05) is 22.9 Å². The van der Waals surface area contributed by atoms with E-state index in [1.165, 1.54) is 11.8 Å². The van der Waals surface area contributed by atoms with Crippen molar-refractivity contribution >= 4 is 41.0 Å².